The van der Waals surface area contributed by atoms with E-state index < -0.39 is 0 Å². The molecule has 1 amide bonds. The first kappa shape index (κ1) is 25.3. The maximum absolute atomic E-state index is 12.4. The van der Waals surface area contributed by atoms with E-state index in [1.165, 1.54) is 5.52 Å². The molecule has 6 nitrogen and oxygen atoms in total. The van der Waals surface area contributed by atoms with Gasteiger partial charge in [0, 0.05) is 31.1 Å². The van der Waals surface area contributed by atoms with Gasteiger partial charge in [-0.3, -0.25) is 4.79 Å². The fraction of sp³-hybridized carbons (Fsp3) is 0.333. The third-order valence-electron chi connectivity index (χ3n) is 6.32. The van der Waals surface area contributed by atoms with Gasteiger partial charge in [0.1, 0.15) is 17.3 Å². The van der Waals surface area contributed by atoms with Gasteiger partial charge in [0.05, 0.1) is 24.8 Å². The summed E-state index contributed by atoms with van der Waals surface area (Å²) in [5.41, 5.74) is 3.95. The molecule has 0 aliphatic carbocycles. The summed E-state index contributed by atoms with van der Waals surface area (Å²) in [4.78, 5) is 17.3. The molecule has 0 aliphatic heterocycles. The number of benzene rings is 3. The van der Waals surface area contributed by atoms with E-state index >= 15 is 0 Å². The van der Waals surface area contributed by atoms with Gasteiger partial charge in [0.15, 0.2) is 0 Å². The van der Waals surface area contributed by atoms with Crippen LogP contribution in [0, 0.1) is 6.92 Å². The molecule has 0 bridgehead atoms. The topological polar surface area (TPSA) is 65.4 Å². The lowest BCUT2D eigenvalue weighted by Gasteiger charge is -2.11. The first-order chi connectivity index (χ1) is 17.7. The highest BCUT2D eigenvalue weighted by atomic mass is 16.5. The zero-order chi connectivity index (χ0) is 25.2. The second kappa shape index (κ2) is 12.8. The normalized spacial score (nSPS) is 10.9. The number of hydrogen-bond acceptors (Lipinski definition) is 4. The highest BCUT2D eigenvalue weighted by Gasteiger charge is 2.11. The zero-order valence-electron chi connectivity index (χ0n) is 21.2. The van der Waals surface area contributed by atoms with Crippen LogP contribution in [-0.4, -0.2) is 35.7 Å². The Morgan fingerprint density at radius 1 is 0.917 bits per heavy atom. The number of unbranched alkanes of at least 4 members (excludes halogenated alkanes) is 2. The number of carbonyl (C=O) groups is 1. The Kier molecular flexibility index (Phi) is 8.98. The molecule has 0 spiro atoms. The molecule has 4 rings (SSSR count). The molecule has 0 aliphatic rings. The molecule has 0 saturated heterocycles. The number of rotatable bonds is 13. The summed E-state index contributed by atoms with van der Waals surface area (Å²) in [5, 5.41) is 3.04. The van der Waals surface area contributed by atoms with Crippen LogP contribution < -0.4 is 14.8 Å². The molecule has 3 aromatic carbocycles. The summed E-state index contributed by atoms with van der Waals surface area (Å²) >= 11 is 0. The van der Waals surface area contributed by atoms with E-state index in [0.29, 0.717) is 13.2 Å². The third kappa shape index (κ3) is 6.66. The van der Waals surface area contributed by atoms with Crippen LogP contribution in [0.15, 0.2) is 72.8 Å². The predicted octanol–water partition coefficient (Wildman–Crippen LogP) is 5.97. The number of methoxy groups -OCH3 is 1. The molecule has 188 valence electrons. The van der Waals surface area contributed by atoms with Gasteiger partial charge in [-0.1, -0.05) is 42.8 Å². The Bertz CT molecular complexity index is 1280. The molecule has 0 unspecified atom stereocenters. The van der Waals surface area contributed by atoms with Crippen molar-refractivity contribution in [3.05, 3.63) is 89.7 Å². The quantitative estimate of drug-likeness (QED) is 0.237. The minimum Gasteiger partial charge on any atom is -0.497 e. The van der Waals surface area contributed by atoms with E-state index in [4.69, 9.17) is 14.5 Å². The van der Waals surface area contributed by atoms with E-state index in [0.717, 1.165) is 72.6 Å². The van der Waals surface area contributed by atoms with Crippen molar-refractivity contribution in [3.8, 4) is 11.5 Å². The van der Waals surface area contributed by atoms with Gasteiger partial charge in [0.25, 0.3) is 5.91 Å². The van der Waals surface area contributed by atoms with Gasteiger partial charge in [-0.15, -0.1) is 0 Å². The Hall–Kier alpha value is -3.80. The first-order valence-electron chi connectivity index (χ1n) is 12.7. The predicted molar refractivity (Wildman–Crippen MR) is 144 cm³/mol. The molecule has 0 radical (unpaired) electrons. The number of amides is 1. The molecule has 6 heteroatoms. The van der Waals surface area contributed by atoms with Crippen molar-refractivity contribution in [2.75, 3.05) is 20.3 Å². The lowest BCUT2D eigenvalue weighted by atomic mass is 10.1. The largest absolute Gasteiger partial charge is 0.497 e. The summed E-state index contributed by atoms with van der Waals surface area (Å²) in [5.74, 6) is 2.73. The third-order valence-corrected chi connectivity index (χ3v) is 6.32. The van der Waals surface area contributed by atoms with E-state index in [1.807, 2.05) is 61.5 Å². The summed E-state index contributed by atoms with van der Waals surface area (Å²) < 4.78 is 13.5. The second-order valence-corrected chi connectivity index (χ2v) is 8.93. The van der Waals surface area contributed by atoms with Crippen molar-refractivity contribution in [3.63, 3.8) is 0 Å². The number of hydrogen-bond donors (Lipinski definition) is 1. The van der Waals surface area contributed by atoms with E-state index in [2.05, 4.69) is 28.1 Å². The van der Waals surface area contributed by atoms with Crippen molar-refractivity contribution < 1.29 is 14.3 Å². The van der Waals surface area contributed by atoms with Gasteiger partial charge in [-0.25, -0.2) is 4.98 Å². The fourth-order valence-electron chi connectivity index (χ4n) is 4.38. The van der Waals surface area contributed by atoms with Crippen LogP contribution >= 0.6 is 0 Å². The molecule has 1 N–H and O–H groups in total. The lowest BCUT2D eigenvalue weighted by Crippen LogP contribution is -2.25. The molecular formula is C30H35N3O3. The Labute approximate surface area is 213 Å². The van der Waals surface area contributed by atoms with Crippen LogP contribution in [0.4, 0.5) is 0 Å². The van der Waals surface area contributed by atoms with Gasteiger partial charge in [0.2, 0.25) is 0 Å². The number of fused-ring (bicyclic) bond motifs is 1. The van der Waals surface area contributed by atoms with Crippen molar-refractivity contribution in [2.24, 2.45) is 0 Å². The minimum absolute atomic E-state index is 0.00561. The molecule has 1 heterocycles. The van der Waals surface area contributed by atoms with Gasteiger partial charge >= 0.3 is 0 Å². The highest BCUT2D eigenvalue weighted by Crippen LogP contribution is 2.21. The Balaban J connectivity index is 1.25. The minimum atomic E-state index is 0.00561. The van der Waals surface area contributed by atoms with Gasteiger partial charge < -0.3 is 19.4 Å². The number of imidazole rings is 1. The molecule has 1 aromatic heterocycles. The fourth-order valence-corrected chi connectivity index (χ4v) is 4.38. The summed E-state index contributed by atoms with van der Waals surface area (Å²) in [7, 11) is 1.66. The molecule has 0 saturated carbocycles. The summed E-state index contributed by atoms with van der Waals surface area (Å²) in [6, 6.07) is 23.7. The standard InChI is InChI=1S/C30H35N3O3/c1-23-12-5-6-15-26(23)30(34)31-19-9-3-4-18-29-32-27-16-7-8-17-28(27)33(29)20-11-21-36-25-14-10-13-24(22-25)35-2/h5-8,10,12-17,22H,3-4,9,11,18-21H2,1-2H3,(H,31,34). The van der Waals surface area contributed by atoms with Gasteiger partial charge in [-0.2, -0.15) is 0 Å². The summed E-state index contributed by atoms with van der Waals surface area (Å²) in [6.07, 6.45) is 4.82. The van der Waals surface area contributed by atoms with Crippen LogP contribution in [0.5, 0.6) is 11.5 Å². The molecule has 0 atom stereocenters. The maximum atomic E-state index is 12.4. The monoisotopic (exact) mass is 485 g/mol. The smallest absolute Gasteiger partial charge is 0.251 e. The maximum Gasteiger partial charge on any atom is 0.251 e. The average molecular weight is 486 g/mol. The Morgan fingerprint density at radius 2 is 1.72 bits per heavy atom. The van der Waals surface area contributed by atoms with Crippen LogP contribution in [0.1, 0.15) is 47.4 Å². The van der Waals surface area contributed by atoms with Crippen molar-refractivity contribution in [2.45, 2.75) is 45.6 Å². The van der Waals surface area contributed by atoms with E-state index in [-0.39, 0.29) is 5.91 Å². The number of ether oxygens (including phenoxy) is 2. The number of nitrogens with one attached hydrogen (secondary N) is 1. The van der Waals surface area contributed by atoms with Crippen molar-refractivity contribution >= 4 is 16.9 Å². The zero-order valence-corrected chi connectivity index (χ0v) is 21.2. The number of aromatic nitrogens is 2. The first-order valence-corrected chi connectivity index (χ1v) is 12.7. The van der Waals surface area contributed by atoms with E-state index in [9.17, 15) is 4.79 Å². The van der Waals surface area contributed by atoms with Crippen molar-refractivity contribution in [1.29, 1.82) is 0 Å². The molecular weight excluding hydrogens is 450 g/mol. The number of nitrogens with zero attached hydrogens (tertiary/aromatic N) is 2. The number of para-hydroxylation sites is 2. The number of carbonyl (C=O) groups excluding carboxylic acids is 1. The van der Waals surface area contributed by atoms with Crippen molar-refractivity contribution in [1.82, 2.24) is 14.9 Å². The van der Waals surface area contributed by atoms with Crippen LogP contribution in [-0.2, 0) is 13.0 Å². The average Bonchev–Trinajstić information content (AvgIpc) is 3.26. The van der Waals surface area contributed by atoms with Crippen LogP contribution in [0.25, 0.3) is 11.0 Å². The molecule has 4 aromatic rings. The SMILES string of the molecule is COc1cccc(OCCCn2c(CCCCCNC(=O)c3ccccc3C)nc3ccccc32)c1. The van der Waals surface area contributed by atoms with Crippen LogP contribution in [0.2, 0.25) is 0 Å². The second-order valence-electron chi connectivity index (χ2n) is 8.93. The number of aryl methyl sites for hydroxylation is 3. The Morgan fingerprint density at radius 3 is 2.58 bits per heavy atom. The van der Waals surface area contributed by atoms with Crippen LogP contribution in [0.3, 0.4) is 0 Å². The molecule has 36 heavy (non-hydrogen) atoms. The van der Waals surface area contributed by atoms with Gasteiger partial charge in [-0.05, 0) is 62.1 Å². The highest BCUT2D eigenvalue weighted by molar-refractivity contribution is 5.95. The summed E-state index contributed by atoms with van der Waals surface area (Å²) in [6.45, 7) is 4.13. The lowest BCUT2D eigenvalue weighted by molar-refractivity contribution is 0.0952. The molecule has 0 fully saturated rings. The van der Waals surface area contributed by atoms with E-state index in [1.54, 1.807) is 7.11 Å².